The summed E-state index contributed by atoms with van der Waals surface area (Å²) in [7, 11) is 0. The standard InChI is InChI=1S/C13H11FN4OS/c14-10-1-2-11-9(7-10)8-12(20-11)13(19)15-5-6-18-16-3-4-17-18/h1-4,7-8H,5-6H2,(H,15,19). The molecule has 0 aliphatic carbocycles. The molecule has 0 saturated heterocycles. The predicted octanol–water partition coefficient (Wildman–Crippen LogP) is 2.06. The summed E-state index contributed by atoms with van der Waals surface area (Å²) >= 11 is 1.35. The number of hydrogen-bond donors (Lipinski definition) is 1. The number of halogens is 1. The number of thiophene rings is 1. The van der Waals surface area contributed by atoms with Crippen molar-refractivity contribution >= 4 is 27.3 Å². The first-order valence-electron chi connectivity index (χ1n) is 6.04. The van der Waals surface area contributed by atoms with Crippen molar-refractivity contribution in [3.05, 3.63) is 47.4 Å². The Hall–Kier alpha value is -2.28. The minimum absolute atomic E-state index is 0.168. The molecule has 102 valence electrons. The van der Waals surface area contributed by atoms with Crippen molar-refractivity contribution in [2.45, 2.75) is 6.54 Å². The molecule has 0 atom stereocenters. The third-order valence-electron chi connectivity index (χ3n) is 2.77. The second kappa shape index (κ2) is 5.38. The molecule has 2 heterocycles. The summed E-state index contributed by atoms with van der Waals surface area (Å²) in [4.78, 5) is 14.1. The highest BCUT2D eigenvalue weighted by molar-refractivity contribution is 7.20. The monoisotopic (exact) mass is 290 g/mol. The van der Waals surface area contributed by atoms with Gasteiger partial charge in [-0.1, -0.05) is 0 Å². The zero-order chi connectivity index (χ0) is 13.9. The molecular formula is C13H11FN4OS. The van der Waals surface area contributed by atoms with Crippen LogP contribution in [0.5, 0.6) is 0 Å². The van der Waals surface area contributed by atoms with Crippen molar-refractivity contribution in [2.75, 3.05) is 6.54 Å². The van der Waals surface area contributed by atoms with Gasteiger partial charge in [-0.15, -0.1) is 11.3 Å². The van der Waals surface area contributed by atoms with E-state index in [1.165, 1.54) is 28.3 Å². The van der Waals surface area contributed by atoms with E-state index in [-0.39, 0.29) is 11.7 Å². The van der Waals surface area contributed by atoms with Crippen LogP contribution in [0.3, 0.4) is 0 Å². The number of nitrogens with zero attached hydrogens (tertiary/aromatic N) is 3. The van der Waals surface area contributed by atoms with Crippen LogP contribution >= 0.6 is 11.3 Å². The largest absolute Gasteiger partial charge is 0.349 e. The highest BCUT2D eigenvalue weighted by atomic mass is 32.1. The Balaban J connectivity index is 1.66. The zero-order valence-corrected chi connectivity index (χ0v) is 11.2. The molecule has 0 bridgehead atoms. The molecule has 0 unspecified atom stereocenters. The van der Waals surface area contributed by atoms with E-state index < -0.39 is 0 Å². The molecule has 2 aromatic heterocycles. The predicted molar refractivity (Wildman–Crippen MR) is 74.1 cm³/mol. The summed E-state index contributed by atoms with van der Waals surface area (Å²) in [6.45, 7) is 0.953. The number of benzene rings is 1. The van der Waals surface area contributed by atoms with Crippen molar-refractivity contribution in [1.82, 2.24) is 20.3 Å². The van der Waals surface area contributed by atoms with Crippen LogP contribution in [0.4, 0.5) is 4.39 Å². The van der Waals surface area contributed by atoms with Crippen molar-refractivity contribution in [2.24, 2.45) is 0 Å². The summed E-state index contributed by atoms with van der Waals surface area (Å²) in [5.41, 5.74) is 0. The van der Waals surface area contributed by atoms with E-state index in [0.29, 0.717) is 18.0 Å². The lowest BCUT2D eigenvalue weighted by Crippen LogP contribution is -2.27. The van der Waals surface area contributed by atoms with E-state index in [2.05, 4.69) is 15.5 Å². The lowest BCUT2D eigenvalue weighted by Gasteiger charge is -2.02. The molecule has 0 fully saturated rings. The van der Waals surface area contributed by atoms with Crippen molar-refractivity contribution < 1.29 is 9.18 Å². The maximum absolute atomic E-state index is 13.1. The van der Waals surface area contributed by atoms with Gasteiger partial charge in [0.2, 0.25) is 0 Å². The molecule has 1 aromatic carbocycles. The van der Waals surface area contributed by atoms with Gasteiger partial charge in [0.1, 0.15) is 5.82 Å². The van der Waals surface area contributed by atoms with Crippen LogP contribution in [-0.2, 0) is 6.54 Å². The number of rotatable bonds is 4. The summed E-state index contributed by atoms with van der Waals surface area (Å²) in [6, 6.07) is 6.20. The lowest BCUT2D eigenvalue weighted by molar-refractivity contribution is 0.0955. The Kier molecular flexibility index (Phi) is 3.42. The lowest BCUT2D eigenvalue weighted by atomic mass is 10.2. The number of carbonyl (C=O) groups is 1. The fraction of sp³-hybridized carbons (Fsp3) is 0.154. The van der Waals surface area contributed by atoms with Crippen LogP contribution in [0.25, 0.3) is 10.1 Å². The van der Waals surface area contributed by atoms with Crippen LogP contribution < -0.4 is 5.32 Å². The van der Waals surface area contributed by atoms with Crippen LogP contribution in [0.2, 0.25) is 0 Å². The summed E-state index contributed by atoms with van der Waals surface area (Å²) in [5.74, 6) is -0.467. The SMILES string of the molecule is O=C(NCCn1nccn1)c1cc2cc(F)ccc2s1. The first kappa shape index (κ1) is 12.7. The maximum Gasteiger partial charge on any atom is 0.261 e. The van der Waals surface area contributed by atoms with Crippen molar-refractivity contribution in [3.63, 3.8) is 0 Å². The van der Waals surface area contributed by atoms with E-state index >= 15 is 0 Å². The Morgan fingerprint density at radius 1 is 1.30 bits per heavy atom. The van der Waals surface area contributed by atoms with Gasteiger partial charge >= 0.3 is 0 Å². The highest BCUT2D eigenvalue weighted by Gasteiger charge is 2.10. The normalized spacial score (nSPS) is 10.8. The molecule has 3 rings (SSSR count). The maximum atomic E-state index is 13.1. The molecule has 0 aliphatic rings. The molecule has 0 spiro atoms. The van der Waals surface area contributed by atoms with Gasteiger partial charge in [0.25, 0.3) is 5.91 Å². The molecule has 1 amide bonds. The fourth-order valence-corrected chi connectivity index (χ4v) is 2.80. The average Bonchev–Trinajstić information content (AvgIpc) is 3.06. The molecule has 7 heteroatoms. The van der Waals surface area contributed by atoms with E-state index in [9.17, 15) is 9.18 Å². The quantitative estimate of drug-likeness (QED) is 0.800. The highest BCUT2D eigenvalue weighted by Crippen LogP contribution is 2.26. The second-order valence-corrected chi connectivity index (χ2v) is 5.26. The Morgan fingerprint density at radius 2 is 2.10 bits per heavy atom. The molecule has 0 aliphatic heterocycles. The molecule has 5 nitrogen and oxygen atoms in total. The molecule has 0 radical (unpaired) electrons. The number of amides is 1. The number of aromatic nitrogens is 3. The number of fused-ring (bicyclic) bond motifs is 1. The fourth-order valence-electron chi connectivity index (χ4n) is 1.84. The molecule has 20 heavy (non-hydrogen) atoms. The van der Waals surface area contributed by atoms with Gasteiger partial charge in [0.05, 0.1) is 23.8 Å². The summed E-state index contributed by atoms with van der Waals surface area (Å²) in [5, 5.41) is 11.4. The average molecular weight is 290 g/mol. The molecule has 0 saturated carbocycles. The third-order valence-corrected chi connectivity index (χ3v) is 3.88. The van der Waals surface area contributed by atoms with E-state index in [0.717, 1.165) is 10.1 Å². The van der Waals surface area contributed by atoms with Gasteiger partial charge in [-0.2, -0.15) is 15.0 Å². The Morgan fingerprint density at radius 3 is 2.90 bits per heavy atom. The van der Waals surface area contributed by atoms with Gasteiger partial charge < -0.3 is 5.32 Å². The number of carbonyl (C=O) groups excluding carboxylic acids is 1. The van der Waals surface area contributed by atoms with Gasteiger partial charge in [0.15, 0.2) is 0 Å². The minimum Gasteiger partial charge on any atom is -0.349 e. The molecular weight excluding hydrogens is 279 g/mol. The summed E-state index contributed by atoms with van der Waals surface area (Å²) in [6.07, 6.45) is 3.17. The topological polar surface area (TPSA) is 59.8 Å². The van der Waals surface area contributed by atoms with Crippen molar-refractivity contribution in [1.29, 1.82) is 0 Å². The van der Waals surface area contributed by atoms with Crippen LogP contribution in [0, 0.1) is 5.82 Å². The second-order valence-electron chi connectivity index (χ2n) is 4.17. The van der Waals surface area contributed by atoms with E-state index in [4.69, 9.17) is 0 Å². The minimum atomic E-state index is -0.299. The van der Waals surface area contributed by atoms with Crippen LogP contribution in [0.1, 0.15) is 9.67 Å². The summed E-state index contributed by atoms with van der Waals surface area (Å²) < 4.78 is 14.0. The van der Waals surface area contributed by atoms with Gasteiger partial charge in [-0.3, -0.25) is 4.79 Å². The zero-order valence-electron chi connectivity index (χ0n) is 10.4. The van der Waals surface area contributed by atoms with Gasteiger partial charge in [-0.05, 0) is 29.7 Å². The Bertz CT molecular complexity index is 738. The first-order chi connectivity index (χ1) is 9.72. The Labute approximate surface area is 118 Å². The molecule has 1 N–H and O–H groups in total. The number of nitrogens with one attached hydrogen (secondary N) is 1. The first-order valence-corrected chi connectivity index (χ1v) is 6.85. The van der Waals surface area contributed by atoms with Crippen molar-refractivity contribution in [3.8, 4) is 0 Å². The van der Waals surface area contributed by atoms with E-state index in [1.807, 2.05) is 0 Å². The third kappa shape index (κ3) is 2.67. The molecule has 3 aromatic rings. The number of hydrogen-bond acceptors (Lipinski definition) is 4. The van der Waals surface area contributed by atoms with Crippen LogP contribution in [0.15, 0.2) is 36.7 Å². The smallest absolute Gasteiger partial charge is 0.261 e. The van der Waals surface area contributed by atoms with Gasteiger partial charge in [0, 0.05) is 11.2 Å². The van der Waals surface area contributed by atoms with E-state index in [1.54, 1.807) is 24.5 Å². The van der Waals surface area contributed by atoms with Gasteiger partial charge in [-0.25, -0.2) is 4.39 Å². The van der Waals surface area contributed by atoms with Crippen LogP contribution in [-0.4, -0.2) is 27.4 Å².